The molecule has 3 rings (SSSR count). The van der Waals surface area contributed by atoms with E-state index in [0.717, 1.165) is 30.0 Å². The van der Waals surface area contributed by atoms with Crippen molar-refractivity contribution in [2.75, 3.05) is 13.7 Å². The van der Waals surface area contributed by atoms with Crippen LogP contribution in [0.15, 0.2) is 42.5 Å². The second-order valence-electron chi connectivity index (χ2n) is 6.90. The molecule has 0 saturated heterocycles. The Kier molecular flexibility index (Phi) is 4.78. The first-order chi connectivity index (χ1) is 11.5. The van der Waals surface area contributed by atoms with E-state index in [1.807, 2.05) is 30.3 Å². The van der Waals surface area contributed by atoms with Crippen molar-refractivity contribution in [3.63, 3.8) is 0 Å². The second kappa shape index (κ2) is 6.83. The van der Waals surface area contributed by atoms with Crippen LogP contribution in [-0.4, -0.2) is 24.4 Å². The molecule has 128 valence electrons. The van der Waals surface area contributed by atoms with Crippen LogP contribution < -0.4 is 14.8 Å². The maximum atomic E-state index is 10.3. The predicted molar refractivity (Wildman–Crippen MR) is 94.5 cm³/mol. The van der Waals surface area contributed by atoms with E-state index in [-0.39, 0.29) is 5.60 Å². The zero-order valence-electron chi connectivity index (χ0n) is 14.5. The average Bonchev–Trinajstić information content (AvgIpc) is 2.88. The smallest absolute Gasteiger partial charge is 0.123 e. The maximum Gasteiger partial charge on any atom is 0.123 e. The first-order valence-electron chi connectivity index (χ1n) is 8.30. The monoisotopic (exact) mass is 327 g/mol. The van der Waals surface area contributed by atoms with E-state index in [1.165, 1.54) is 11.1 Å². The third kappa shape index (κ3) is 3.89. The molecule has 2 aromatic rings. The SMILES string of the molecule is COc1ccc(C(O)CNCc2ccc3c(c2)CC(C)(C)O3)cc1. The number of benzene rings is 2. The Hall–Kier alpha value is -2.04. The van der Waals surface area contributed by atoms with Crippen molar-refractivity contribution in [3.8, 4) is 11.5 Å². The van der Waals surface area contributed by atoms with Crippen molar-refractivity contribution < 1.29 is 14.6 Å². The fraction of sp³-hybridized carbons (Fsp3) is 0.400. The fourth-order valence-electron chi connectivity index (χ4n) is 3.07. The second-order valence-corrected chi connectivity index (χ2v) is 6.90. The van der Waals surface area contributed by atoms with Crippen molar-refractivity contribution in [1.29, 1.82) is 0 Å². The number of rotatable bonds is 6. The van der Waals surface area contributed by atoms with Crippen molar-refractivity contribution in [2.24, 2.45) is 0 Å². The average molecular weight is 327 g/mol. The Morgan fingerprint density at radius 2 is 1.96 bits per heavy atom. The van der Waals surface area contributed by atoms with Gasteiger partial charge in [-0.25, -0.2) is 0 Å². The minimum absolute atomic E-state index is 0.112. The van der Waals surface area contributed by atoms with Crippen LogP contribution in [0.4, 0.5) is 0 Å². The Balaban J connectivity index is 1.53. The summed E-state index contributed by atoms with van der Waals surface area (Å²) in [6.07, 6.45) is 0.401. The highest BCUT2D eigenvalue weighted by atomic mass is 16.5. The minimum atomic E-state index is -0.535. The number of aliphatic hydroxyl groups excluding tert-OH is 1. The normalized spacial score (nSPS) is 16.3. The van der Waals surface area contributed by atoms with Gasteiger partial charge in [0.05, 0.1) is 13.2 Å². The number of methoxy groups -OCH3 is 1. The lowest BCUT2D eigenvalue weighted by molar-refractivity contribution is 0.138. The molecule has 24 heavy (non-hydrogen) atoms. The summed E-state index contributed by atoms with van der Waals surface area (Å²) in [5.41, 5.74) is 3.23. The molecular weight excluding hydrogens is 302 g/mol. The number of aliphatic hydroxyl groups is 1. The van der Waals surface area contributed by atoms with E-state index >= 15 is 0 Å². The zero-order valence-corrected chi connectivity index (χ0v) is 14.5. The molecule has 0 fully saturated rings. The molecule has 1 aliphatic heterocycles. The standard InChI is InChI=1S/C20H25NO3/c1-20(2)11-16-10-14(4-9-19(16)24-20)12-21-13-18(22)15-5-7-17(23-3)8-6-15/h4-10,18,21-22H,11-13H2,1-3H3. The number of nitrogens with one attached hydrogen (secondary N) is 1. The van der Waals surface area contributed by atoms with Gasteiger partial charge in [0.25, 0.3) is 0 Å². The molecule has 1 unspecified atom stereocenters. The van der Waals surface area contributed by atoms with Gasteiger partial charge in [-0.2, -0.15) is 0 Å². The van der Waals surface area contributed by atoms with E-state index in [9.17, 15) is 5.11 Å². The molecule has 4 heteroatoms. The molecule has 0 spiro atoms. The number of fused-ring (bicyclic) bond motifs is 1. The lowest BCUT2D eigenvalue weighted by atomic mass is 10.0. The zero-order chi connectivity index (χ0) is 17.2. The van der Waals surface area contributed by atoms with Gasteiger partial charge in [0.15, 0.2) is 0 Å². The number of ether oxygens (including phenoxy) is 2. The van der Waals surface area contributed by atoms with Crippen molar-refractivity contribution in [1.82, 2.24) is 5.32 Å². The van der Waals surface area contributed by atoms with Crippen LogP contribution in [0.5, 0.6) is 11.5 Å². The van der Waals surface area contributed by atoms with Gasteiger partial charge in [-0.15, -0.1) is 0 Å². The molecular formula is C20H25NO3. The Bertz CT molecular complexity index is 695. The van der Waals surface area contributed by atoms with Crippen LogP contribution in [0, 0.1) is 0 Å². The molecule has 0 aliphatic carbocycles. The summed E-state index contributed by atoms with van der Waals surface area (Å²) in [5, 5.41) is 13.6. The van der Waals surface area contributed by atoms with Gasteiger partial charge in [-0.1, -0.05) is 24.3 Å². The summed E-state index contributed by atoms with van der Waals surface area (Å²) in [7, 11) is 1.63. The molecule has 0 aromatic heterocycles. The predicted octanol–water partition coefficient (Wildman–Crippen LogP) is 3.23. The van der Waals surface area contributed by atoms with Crippen molar-refractivity contribution in [2.45, 2.75) is 38.5 Å². The van der Waals surface area contributed by atoms with E-state index in [1.54, 1.807) is 7.11 Å². The van der Waals surface area contributed by atoms with Gasteiger partial charge in [0.1, 0.15) is 17.1 Å². The van der Waals surface area contributed by atoms with E-state index in [2.05, 4.69) is 31.3 Å². The fourth-order valence-corrected chi connectivity index (χ4v) is 3.07. The first kappa shape index (κ1) is 16.8. The summed E-state index contributed by atoms with van der Waals surface area (Å²) in [4.78, 5) is 0. The number of hydrogen-bond donors (Lipinski definition) is 2. The van der Waals surface area contributed by atoms with Crippen molar-refractivity contribution >= 4 is 0 Å². The quantitative estimate of drug-likeness (QED) is 0.855. The molecule has 1 atom stereocenters. The Morgan fingerprint density at radius 3 is 2.67 bits per heavy atom. The summed E-state index contributed by atoms with van der Waals surface area (Å²) < 4.78 is 11.0. The van der Waals surface area contributed by atoms with Gasteiger partial charge < -0.3 is 19.9 Å². The number of hydrogen-bond acceptors (Lipinski definition) is 4. The van der Waals surface area contributed by atoms with Crippen LogP contribution in [0.3, 0.4) is 0 Å². The van der Waals surface area contributed by atoms with Crippen LogP contribution in [0.1, 0.15) is 36.6 Å². The van der Waals surface area contributed by atoms with E-state index in [0.29, 0.717) is 6.54 Å². The molecule has 0 amide bonds. The Morgan fingerprint density at radius 1 is 1.21 bits per heavy atom. The minimum Gasteiger partial charge on any atom is -0.497 e. The molecule has 0 radical (unpaired) electrons. The highest BCUT2D eigenvalue weighted by molar-refractivity contribution is 5.41. The van der Waals surface area contributed by atoms with Crippen LogP contribution in [-0.2, 0) is 13.0 Å². The van der Waals surface area contributed by atoms with Crippen LogP contribution in [0.2, 0.25) is 0 Å². The Labute approximate surface area is 143 Å². The molecule has 1 aliphatic rings. The highest BCUT2D eigenvalue weighted by Crippen LogP contribution is 2.35. The molecule has 1 heterocycles. The van der Waals surface area contributed by atoms with Gasteiger partial charge >= 0.3 is 0 Å². The van der Waals surface area contributed by atoms with Gasteiger partial charge in [0, 0.05) is 19.5 Å². The third-order valence-electron chi connectivity index (χ3n) is 4.29. The lowest BCUT2D eigenvalue weighted by Gasteiger charge is -2.16. The molecule has 0 saturated carbocycles. The first-order valence-corrected chi connectivity index (χ1v) is 8.30. The molecule has 2 N–H and O–H groups in total. The third-order valence-corrected chi connectivity index (χ3v) is 4.29. The molecule has 2 aromatic carbocycles. The van der Waals surface area contributed by atoms with Crippen molar-refractivity contribution in [3.05, 3.63) is 59.2 Å². The van der Waals surface area contributed by atoms with Gasteiger partial charge in [-0.05, 0) is 48.7 Å². The van der Waals surface area contributed by atoms with Gasteiger partial charge in [0.2, 0.25) is 0 Å². The van der Waals surface area contributed by atoms with Gasteiger partial charge in [-0.3, -0.25) is 0 Å². The maximum absolute atomic E-state index is 10.3. The summed E-state index contributed by atoms with van der Waals surface area (Å²) >= 11 is 0. The lowest BCUT2D eigenvalue weighted by Crippen LogP contribution is -2.24. The molecule has 4 nitrogen and oxygen atoms in total. The summed E-state index contributed by atoms with van der Waals surface area (Å²) in [5.74, 6) is 1.78. The largest absolute Gasteiger partial charge is 0.497 e. The van der Waals surface area contributed by atoms with E-state index in [4.69, 9.17) is 9.47 Å². The topological polar surface area (TPSA) is 50.7 Å². The summed E-state index contributed by atoms with van der Waals surface area (Å²) in [6.45, 7) is 5.44. The highest BCUT2D eigenvalue weighted by Gasteiger charge is 2.29. The van der Waals surface area contributed by atoms with Crippen LogP contribution in [0.25, 0.3) is 0 Å². The van der Waals surface area contributed by atoms with Crippen LogP contribution >= 0.6 is 0 Å². The van der Waals surface area contributed by atoms with E-state index < -0.39 is 6.10 Å². The summed E-state index contributed by atoms with van der Waals surface area (Å²) in [6, 6.07) is 13.8. The molecule has 0 bridgehead atoms.